The van der Waals surface area contributed by atoms with Crippen molar-refractivity contribution in [3.63, 3.8) is 0 Å². The molecule has 0 bridgehead atoms. The SMILES string of the molecule is Clc1ccc2oc(-c3ccc(C=Cc4ccc(-c5nc6cc(Cl)ccc6o5)cc4)cc3)nc2c1. The van der Waals surface area contributed by atoms with Crippen molar-refractivity contribution in [3.8, 4) is 22.9 Å². The van der Waals surface area contributed by atoms with Gasteiger partial charge in [-0.25, -0.2) is 9.97 Å². The van der Waals surface area contributed by atoms with Gasteiger partial charge in [0.25, 0.3) is 0 Å². The van der Waals surface area contributed by atoms with Gasteiger partial charge in [-0.1, -0.05) is 59.6 Å². The topological polar surface area (TPSA) is 52.1 Å². The first-order chi connectivity index (χ1) is 16.6. The number of aromatic nitrogens is 2. The van der Waals surface area contributed by atoms with Gasteiger partial charge in [-0.3, -0.25) is 0 Å². The summed E-state index contributed by atoms with van der Waals surface area (Å²) in [7, 11) is 0. The highest BCUT2D eigenvalue weighted by atomic mass is 35.5. The molecular formula is C28H16Cl2N2O2. The van der Waals surface area contributed by atoms with Crippen molar-refractivity contribution in [2.45, 2.75) is 0 Å². The quantitative estimate of drug-likeness (QED) is 0.235. The van der Waals surface area contributed by atoms with E-state index in [1.165, 1.54) is 0 Å². The highest BCUT2D eigenvalue weighted by molar-refractivity contribution is 6.31. The maximum absolute atomic E-state index is 6.04. The molecule has 0 atom stereocenters. The summed E-state index contributed by atoms with van der Waals surface area (Å²) >= 11 is 12.1. The van der Waals surface area contributed by atoms with E-state index in [9.17, 15) is 0 Å². The number of hydrogen-bond acceptors (Lipinski definition) is 4. The molecule has 4 aromatic carbocycles. The van der Waals surface area contributed by atoms with Gasteiger partial charge in [0.2, 0.25) is 11.8 Å². The summed E-state index contributed by atoms with van der Waals surface area (Å²) in [5.41, 5.74) is 6.89. The fourth-order valence-electron chi connectivity index (χ4n) is 3.71. The summed E-state index contributed by atoms with van der Waals surface area (Å²) in [5.74, 6) is 1.15. The predicted molar refractivity (Wildman–Crippen MR) is 138 cm³/mol. The van der Waals surface area contributed by atoms with Gasteiger partial charge in [-0.2, -0.15) is 0 Å². The van der Waals surface area contributed by atoms with Gasteiger partial charge in [0, 0.05) is 21.2 Å². The summed E-state index contributed by atoms with van der Waals surface area (Å²) in [4.78, 5) is 9.06. The lowest BCUT2D eigenvalue weighted by atomic mass is 10.1. The lowest BCUT2D eigenvalue weighted by Crippen LogP contribution is -1.79. The maximum atomic E-state index is 6.04. The fourth-order valence-corrected chi connectivity index (χ4v) is 4.05. The van der Waals surface area contributed by atoms with E-state index in [1.54, 1.807) is 24.3 Å². The molecular weight excluding hydrogens is 467 g/mol. The zero-order chi connectivity index (χ0) is 23.1. The van der Waals surface area contributed by atoms with Crippen molar-refractivity contribution in [2.75, 3.05) is 0 Å². The van der Waals surface area contributed by atoms with E-state index in [0.29, 0.717) is 33.0 Å². The first kappa shape index (κ1) is 20.7. The zero-order valence-corrected chi connectivity index (χ0v) is 19.2. The van der Waals surface area contributed by atoms with Crippen LogP contribution in [0.5, 0.6) is 0 Å². The number of hydrogen-bond donors (Lipinski definition) is 0. The van der Waals surface area contributed by atoms with Crippen LogP contribution in [0, 0.1) is 0 Å². The Morgan fingerprint density at radius 1 is 0.529 bits per heavy atom. The van der Waals surface area contributed by atoms with Crippen LogP contribution in [0.4, 0.5) is 0 Å². The summed E-state index contributed by atoms with van der Waals surface area (Å²) in [5, 5.41) is 1.28. The normalized spacial score (nSPS) is 11.7. The molecule has 4 nitrogen and oxygen atoms in total. The standard InChI is InChI=1S/C28H16Cl2N2O2/c29-21-11-13-25-23(15-21)31-27(33-25)19-7-3-17(4-8-19)1-2-18-5-9-20(10-6-18)28-32-24-16-22(30)12-14-26(24)34-28/h1-16H. The molecule has 0 N–H and O–H groups in total. The van der Waals surface area contributed by atoms with E-state index in [-0.39, 0.29) is 0 Å². The van der Waals surface area contributed by atoms with Crippen LogP contribution in [-0.4, -0.2) is 9.97 Å². The number of fused-ring (bicyclic) bond motifs is 2. The summed E-state index contributed by atoms with van der Waals surface area (Å²) < 4.78 is 11.7. The first-order valence-electron chi connectivity index (χ1n) is 10.6. The van der Waals surface area contributed by atoms with Crippen LogP contribution in [0.1, 0.15) is 11.1 Å². The van der Waals surface area contributed by atoms with Crippen LogP contribution in [0.2, 0.25) is 10.0 Å². The molecule has 6 heteroatoms. The number of nitrogens with zero attached hydrogens (tertiary/aromatic N) is 2. The minimum absolute atomic E-state index is 0.574. The minimum Gasteiger partial charge on any atom is -0.436 e. The third-order valence-corrected chi connectivity index (χ3v) is 5.95. The van der Waals surface area contributed by atoms with E-state index < -0.39 is 0 Å². The molecule has 2 heterocycles. The van der Waals surface area contributed by atoms with E-state index >= 15 is 0 Å². The second-order valence-corrected chi connectivity index (χ2v) is 8.71. The zero-order valence-electron chi connectivity index (χ0n) is 17.7. The van der Waals surface area contributed by atoms with Crippen molar-refractivity contribution in [2.24, 2.45) is 0 Å². The fraction of sp³-hybridized carbons (Fsp3) is 0. The molecule has 0 spiro atoms. The van der Waals surface area contributed by atoms with E-state index in [0.717, 1.165) is 33.3 Å². The van der Waals surface area contributed by atoms with Crippen molar-refractivity contribution in [1.29, 1.82) is 0 Å². The monoisotopic (exact) mass is 482 g/mol. The Kier molecular flexibility index (Phi) is 5.17. The molecule has 164 valence electrons. The van der Waals surface area contributed by atoms with Crippen LogP contribution < -0.4 is 0 Å². The summed E-state index contributed by atoms with van der Waals surface area (Å²) in [6.45, 7) is 0. The first-order valence-corrected chi connectivity index (χ1v) is 11.4. The van der Waals surface area contributed by atoms with Crippen molar-refractivity contribution >= 4 is 57.6 Å². The molecule has 2 aromatic heterocycles. The van der Waals surface area contributed by atoms with Crippen molar-refractivity contribution in [1.82, 2.24) is 9.97 Å². The number of oxazole rings is 2. The molecule has 0 aliphatic rings. The lowest BCUT2D eigenvalue weighted by molar-refractivity contribution is 0.619. The Labute approximate surface area is 205 Å². The Morgan fingerprint density at radius 2 is 0.941 bits per heavy atom. The van der Waals surface area contributed by atoms with Gasteiger partial charge in [0.05, 0.1) is 0 Å². The van der Waals surface area contributed by atoms with Crippen LogP contribution in [0.25, 0.3) is 57.3 Å². The number of halogens is 2. The minimum atomic E-state index is 0.574. The van der Waals surface area contributed by atoms with Gasteiger partial charge in [-0.05, 0) is 71.8 Å². The smallest absolute Gasteiger partial charge is 0.227 e. The van der Waals surface area contributed by atoms with Gasteiger partial charge >= 0.3 is 0 Å². The molecule has 6 aromatic rings. The van der Waals surface area contributed by atoms with Crippen LogP contribution in [-0.2, 0) is 0 Å². The Balaban J connectivity index is 1.18. The molecule has 6 rings (SSSR count). The highest BCUT2D eigenvalue weighted by Gasteiger charge is 2.09. The Morgan fingerprint density at radius 3 is 1.35 bits per heavy atom. The molecule has 0 aliphatic heterocycles. The summed E-state index contributed by atoms with van der Waals surface area (Å²) in [6.07, 6.45) is 4.12. The largest absolute Gasteiger partial charge is 0.436 e. The second-order valence-electron chi connectivity index (χ2n) is 7.84. The molecule has 0 saturated carbocycles. The molecule has 0 aliphatic carbocycles. The predicted octanol–water partition coefficient (Wildman–Crippen LogP) is 8.78. The molecule has 0 radical (unpaired) electrons. The maximum Gasteiger partial charge on any atom is 0.227 e. The van der Waals surface area contributed by atoms with Crippen LogP contribution in [0.15, 0.2) is 93.8 Å². The molecule has 0 saturated heterocycles. The number of rotatable bonds is 4. The third kappa shape index (κ3) is 4.10. The molecule has 0 unspecified atom stereocenters. The van der Waals surface area contributed by atoms with E-state index in [2.05, 4.69) is 22.1 Å². The second kappa shape index (κ2) is 8.49. The molecule has 0 amide bonds. The van der Waals surface area contributed by atoms with Gasteiger partial charge in [0.1, 0.15) is 11.0 Å². The lowest BCUT2D eigenvalue weighted by Gasteiger charge is -1.99. The average molecular weight is 483 g/mol. The highest BCUT2D eigenvalue weighted by Crippen LogP contribution is 2.28. The Hall–Kier alpha value is -3.86. The van der Waals surface area contributed by atoms with Crippen molar-refractivity contribution in [3.05, 3.63) is 106 Å². The van der Waals surface area contributed by atoms with Gasteiger partial charge in [-0.15, -0.1) is 0 Å². The van der Waals surface area contributed by atoms with Crippen molar-refractivity contribution < 1.29 is 8.83 Å². The number of benzene rings is 4. The Bertz CT molecular complexity index is 1540. The van der Waals surface area contributed by atoms with E-state index in [4.69, 9.17) is 32.0 Å². The van der Waals surface area contributed by atoms with Gasteiger partial charge < -0.3 is 8.83 Å². The van der Waals surface area contributed by atoms with E-state index in [1.807, 2.05) is 60.7 Å². The molecule has 34 heavy (non-hydrogen) atoms. The van der Waals surface area contributed by atoms with Crippen LogP contribution >= 0.6 is 23.2 Å². The average Bonchev–Trinajstić information content (AvgIpc) is 3.47. The van der Waals surface area contributed by atoms with Gasteiger partial charge in [0.15, 0.2) is 11.2 Å². The summed E-state index contributed by atoms with van der Waals surface area (Å²) in [6, 6.07) is 27.0. The van der Waals surface area contributed by atoms with Crippen LogP contribution in [0.3, 0.4) is 0 Å². The molecule has 0 fully saturated rings. The third-order valence-electron chi connectivity index (χ3n) is 5.48.